The first-order chi connectivity index (χ1) is 17.0. The van der Waals surface area contributed by atoms with Gasteiger partial charge in [-0.3, -0.25) is 9.59 Å². The van der Waals surface area contributed by atoms with Crippen LogP contribution in [0.3, 0.4) is 0 Å². The van der Waals surface area contributed by atoms with E-state index in [0.717, 1.165) is 29.3 Å². The summed E-state index contributed by atoms with van der Waals surface area (Å²) in [5.41, 5.74) is 0.198. The van der Waals surface area contributed by atoms with Crippen molar-refractivity contribution in [2.75, 3.05) is 7.11 Å². The zero-order valence-corrected chi connectivity index (χ0v) is 20.3. The molecule has 4 fully saturated rings. The third-order valence-corrected chi connectivity index (χ3v) is 9.42. The largest absolute Gasteiger partial charge is 0.493 e. The Balaban J connectivity index is 1.21. The predicted molar refractivity (Wildman–Crippen MR) is 136 cm³/mol. The molecule has 0 unspecified atom stereocenters. The van der Waals surface area contributed by atoms with Crippen LogP contribution in [-0.4, -0.2) is 23.0 Å². The van der Waals surface area contributed by atoms with Crippen molar-refractivity contribution >= 4 is 37.6 Å². The lowest BCUT2D eigenvalue weighted by Crippen LogP contribution is -2.51. The van der Waals surface area contributed by atoms with E-state index >= 15 is 0 Å². The van der Waals surface area contributed by atoms with Crippen LogP contribution in [0.15, 0.2) is 47.3 Å². The molecule has 4 aliphatic rings. The maximum atomic E-state index is 13.4. The molecule has 0 saturated heterocycles. The summed E-state index contributed by atoms with van der Waals surface area (Å²) in [5, 5.41) is 1.53. The van der Waals surface area contributed by atoms with E-state index in [1.165, 1.54) is 30.6 Å². The topological polar surface area (TPSA) is 81.3 Å². The SMILES string of the molecule is COc1cc(-c2nc3sc4ccccc4c3c(=O)[nH]2)ccc1OC(=O)C12CC3CC(CC(C3)C1)C2. The normalized spacial score (nSPS) is 26.9. The first-order valence-electron chi connectivity index (χ1n) is 12.3. The van der Waals surface area contributed by atoms with Crippen LogP contribution >= 0.6 is 11.3 Å². The smallest absolute Gasteiger partial charge is 0.317 e. The van der Waals surface area contributed by atoms with Gasteiger partial charge in [0.15, 0.2) is 11.5 Å². The molecule has 178 valence electrons. The average molecular weight is 487 g/mol. The molecular weight excluding hydrogens is 460 g/mol. The quantitative estimate of drug-likeness (QED) is 0.285. The molecule has 0 radical (unpaired) electrons. The standard InChI is InChI=1S/C28H26N2O4S/c1-33-21-11-18(24-29-25(31)23-19-4-2-3-5-22(19)35-26(23)30-24)6-7-20(21)34-27(32)28-12-15-8-16(13-28)10-17(9-15)14-28/h2-7,11,15-17H,8-10,12-14H2,1H3,(H,29,30,31). The lowest BCUT2D eigenvalue weighted by molar-refractivity contribution is -0.161. The van der Waals surface area contributed by atoms with Gasteiger partial charge in [-0.1, -0.05) is 18.2 Å². The van der Waals surface area contributed by atoms with Gasteiger partial charge in [-0.05, 0) is 80.5 Å². The Morgan fingerprint density at radius 3 is 2.46 bits per heavy atom. The molecule has 4 aliphatic carbocycles. The van der Waals surface area contributed by atoms with Gasteiger partial charge in [0.2, 0.25) is 0 Å². The number of H-pyrrole nitrogens is 1. The monoisotopic (exact) mass is 486 g/mol. The Morgan fingerprint density at radius 1 is 1.03 bits per heavy atom. The zero-order chi connectivity index (χ0) is 23.7. The van der Waals surface area contributed by atoms with Crippen molar-refractivity contribution in [3.05, 3.63) is 52.8 Å². The number of rotatable bonds is 4. The number of carbonyl (C=O) groups is 1. The minimum Gasteiger partial charge on any atom is -0.493 e. The van der Waals surface area contributed by atoms with Crippen LogP contribution in [-0.2, 0) is 4.79 Å². The number of aromatic amines is 1. The number of ether oxygens (including phenoxy) is 2. The maximum Gasteiger partial charge on any atom is 0.317 e. The molecule has 2 aromatic heterocycles. The van der Waals surface area contributed by atoms with E-state index in [0.29, 0.717) is 50.9 Å². The van der Waals surface area contributed by atoms with Gasteiger partial charge in [0.1, 0.15) is 10.7 Å². The number of hydrogen-bond donors (Lipinski definition) is 1. The van der Waals surface area contributed by atoms with E-state index in [1.54, 1.807) is 19.2 Å². The first-order valence-corrected chi connectivity index (χ1v) is 13.2. The highest BCUT2D eigenvalue weighted by Crippen LogP contribution is 2.60. The molecule has 0 atom stereocenters. The summed E-state index contributed by atoms with van der Waals surface area (Å²) in [6.07, 6.45) is 6.70. The van der Waals surface area contributed by atoms with E-state index in [2.05, 4.69) is 4.98 Å². The fraction of sp³-hybridized carbons (Fsp3) is 0.393. The van der Waals surface area contributed by atoms with Crippen molar-refractivity contribution in [1.29, 1.82) is 0 Å². The molecular formula is C28H26N2O4S. The molecule has 0 amide bonds. The highest BCUT2D eigenvalue weighted by Gasteiger charge is 2.55. The Hall–Kier alpha value is -3.19. The fourth-order valence-electron chi connectivity index (χ4n) is 7.23. The maximum absolute atomic E-state index is 13.4. The molecule has 0 aliphatic heterocycles. The number of aromatic nitrogens is 2. The lowest BCUT2D eigenvalue weighted by atomic mass is 9.49. The Kier molecular flexibility index (Phi) is 4.62. The third kappa shape index (κ3) is 3.32. The Bertz CT molecular complexity index is 1520. The van der Waals surface area contributed by atoms with Crippen molar-refractivity contribution in [1.82, 2.24) is 9.97 Å². The molecule has 4 saturated carbocycles. The summed E-state index contributed by atoms with van der Waals surface area (Å²) in [4.78, 5) is 34.7. The Labute approximate surface area is 206 Å². The molecule has 4 bridgehead atoms. The van der Waals surface area contributed by atoms with Crippen LogP contribution < -0.4 is 15.0 Å². The molecule has 6 nitrogen and oxygen atoms in total. The number of nitrogens with one attached hydrogen (secondary N) is 1. The van der Waals surface area contributed by atoms with Gasteiger partial charge in [0.05, 0.1) is 17.9 Å². The van der Waals surface area contributed by atoms with E-state index in [4.69, 9.17) is 14.5 Å². The molecule has 0 spiro atoms. The van der Waals surface area contributed by atoms with Crippen LogP contribution in [0.1, 0.15) is 38.5 Å². The second-order valence-corrected chi connectivity index (χ2v) is 11.7. The van der Waals surface area contributed by atoms with Crippen molar-refractivity contribution in [2.24, 2.45) is 23.2 Å². The number of carbonyl (C=O) groups excluding carboxylic acids is 1. The molecule has 7 heteroatoms. The van der Waals surface area contributed by atoms with E-state index in [1.807, 2.05) is 30.3 Å². The minimum atomic E-state index is -0.336. The van der Waals surface area contributed by atoms with E-state index < -0.39 is 0 Å². The zero-order valence-electron chi connectivity index (χ0n) is 19.5. The second kappa shape index (κ2) is 7.65. The average Bonchev–Trinajstić information content (AvgIpc) is 3.22. The predicted octanol–water partition coefficient (Wildman–Crippen LogP) is 5.94. The van der Waals surface area contributed by atoms with Crippen LogP contribution in [0.4, 0.5) is 0 Å². The van der Waals surface area contributed by atoms with Gasteiger partial charge in [-0.2, -0.15) is 0 Å². The van der Waals surface area contributed by atoms with Crippen molar-refractivity contribution < 1.29 is 14.3 Å². The summed E-state index contributed by atoms with van der Waals surface area (Å²) in [6, 6.07) is 13.2. The highest BCUT2D eigenvalue weighted by molar-refractivity contribution is 7.25. The first kappa shape index (κ1) is 21.1. The highest BCUT2D eigenvalue weighted by atomic mass is 32.1. The number of hydrogen-bond acceptors (Lipinski definition) is 6. The number of fused-ring (bicyclic) bond motifs is 3. The Morgan fingerprint density at radius 2 is 1.74 bits per heavy atom. The van der Waals surface area contributed by atoms with Crippen LogP contribution in [0.25, 0.3) is 31.7 Å². The lowest BCUT2D eigenvalue weighted by Gasteiger charge is -2.55. The number of benzene rings is 2. The molecule has 4 aromatic rings. The van der Waals surface area contributed by atoms with Crippen molar-refractivity contribution in [3.63, 3.8) is 0 Å². The summed E-state index contributed by atoms with van der Waals surface area (Å²) in [5.74, 6) is 3.24. The van der Waals surface area contributed by atoms with Gasteiger partial charge >= 0.3 is 5.97 Å². The van der Waals surface area contributed by atoms with Gasteiger partial charge < -0.3 is 14.5 Å². The van der Waals surface area contributed by atoms with Crippen molar-refractivity contribution in [2.45, 2.75) is 38.5 Å². The summed E-state index contributed by atoms with van der Waals surface area (Å²) in [6.45, 7) is 0. The minimum absolute atomic E-state index is 0.110. The molecule has 2 aromatic carbocycles. The van der Waals surface area contributed by atoms with Gasteiger partial charge in [-0.15, -0.1) is 11.3 Å². The van der Waals surface area contributed by atoms with Crippen LogP contribution in [0, 0.1) is 23.2 Å². The number of esters is 1. The number of thiophene rings is 1. The third-order valence-electron chi connectivity index (χ3n) is 8.36. The molecule has 8 rings (SSSR count). The second-order valence-electron chi connectivity index (χ2n) is 10.6. The van der Waals surface area contributed by atoms with Gasteiger partial charge in [0, 0.05) is 15.6 Å². The van der Waals surface area contributed by atoms with Gasteiger partial charge in [0.25, 0.3) is 5.56 Å². The van der Waals surface area contributed by atoms with Gasteiger partial charge in [-0.25, -0.2) is 4.98 Å². The van der Waals surface area contributed by atoms with Crippen LogP contribution in [0.2, 0.25) is 0 Å². The molecule has 1 N–H and O–H groups in total. The van der Waals surface area contributed by atoms with E-state index in [-0.39, 0.29) is 16.9 Å². The van der Waals surface area contributed by atoms with E-state index in [9.17, 15) is 9.59 Å². The van der Waals surface area contributed by atoms with Crippen LogP contribution in [0.5, 0.6) is 11.5 Å². The van der Waals surface area contributed by atoms with Crippen molar-refractivity contribution in [3.8, 4) is 22.9 Å². The fourth-order valence-corrected chi connectivity index (χ4v) is 8.31. The molecule has 35 heavy (non-hydrogen) atoms. The molecule has 2 heterocycles. The number of nitrogens with zero attached hydrogens (tertiary/aromatic N) is 1. The number of methoxy groups -OCH3 is 1. The summed E-state index contributed by atoms with van der Waals surface area (Å²) >= 11 is 1.50. The summed E-state index contributed by atoms with van der Waals surface area (Å²) < 4.78 is 12.6. The summed E-state index contributed by atoms with van der Waals surface area (Å²) in [7, 11) is 1.56.